The molecule has 1 aliphatic rings. The number of carboxylic acids is 1. The van der Waals surface area contributed by atoms with E-state index in [0.29, 0.717) is 6.42 Å². The fourth-order valence-corrected chi connectivity index (χ4v) is 2.23. The molecule has 82 valence electrons. The van der Waals surface area contributed by atoms with Gasteiger partial charge in [-0.05, 0) is 32.4 Å². The Labute approximate surface area is 86.1 Å². The van der Waals surface area contributed by atoms with Crippen molar-refractivity contribution in [2.75, 3.05) is 13.1 Å². The Hall–Kier alpha value is -0.570. The van der Waals surface area contributed by atoms with Crippen molar-refractivity contribution in [2.45, 2.75) is 51.5 Å². The van der Waals surface area contributed by atoms with Gasteiger partial charge in [-0.15, -0.1) is 0 Å². The van der Waals surface area contributed by atoms with Crippen LogP contribution in [0, 0.1) is 0 Å². The molecular weight excluding hydrogens is 178 g/mol. The van der Waals surface area contributed by atoms with Crippen molar-refractivity contribution in [1.82, 2.24) is 4.90 Å². The van der Waals surface area contributed by atoms with E-state index in [1.807, 2.05) is 0 Å². The van der Waals surface area contributed by atoms with Gasteiger partial charge in [-0.3, -0.25) is 9.69 Å². The Balaban J connectivity index is 2.42. The molecule has 0 aromatic rings. The van der Waals surface area contributed by atoms with Crippen molar-refractivity contribution in [2.24, 2.45) is 0 Å². The quantitative estimate of drug-likeness (QED) is 0.737. The Morgan fingerprint density at radius 3 is 2.50 bits per heavy atom. The average Bonchev–Trinajstić information content (AvgIpc) is 2.18. The van der Waals surface area contributed by atoms with Crippen LogP contribution < -0.4 is 0 Å². The van der Waals surface area contributed by atoms with E-state index in [1.54, 1.807) is 0 Å². The average molecular weight is 199 g/mol. The topological polar surface area (TPSA) is 40.5 Å². The van der Waals surface area contributed by atoms with E-state index in [2.05, 4.69) is 11.8 Å². The van der Waals surface area contributed by atoms with Crippen LogP contribution >= 0.6 is 0 Å². The first-order chi connectivity index (χ1) is 6.74. The summed E-state index contributed by atoms with van der Waals surface area (Å²) in [6, 6.07) is 0.276. The SMILES string of the molecule is CCCC(CC(=O)O)N1CCCCC1. The Kier molecular flexibility index (Phi) is 4.94. The molecule has 1 saturated heterocycles. The Bertz CT molecular complexity index is 176. The predicted molar refractivity (Wildman–Crippen MR) is 56.4 cm³/mol. The molecule has 0 saturated carbocycles. The lowest BCUT2D eigenvalue weighted by atomic mass is 10.0. The van der Waals surface area contributed by atoms with Crippen LogP contribution in [0.25, 0.3) is 0 Å². The largest absolute Gasteiger partial charge is 0.481 e. The highest BCUT2D eigenvalue weighted by Crippen LogP contribution is 2.17. The predicted octanol–water partition coefficient (Wildman–Crippen LogP) is 2.12. The minimum Gasteiger partial charge on any atom is -0.481 e. The van der Waals surface area contributed by atoms with Gasteiger partial charge in [-0.25, -0.2) is 0 Å². The molecule has 1 aliphatic heterocycles. The smallest absolute Gasteiger partial charge is 0.304 e. The van der Waals surface area contributed by atoms with Crippen LogP contribution in [0.4, 0.5) is 0 Å². The van der Waals surface area contributed by atoms with Gasteiger partial charge in [0.2, 0.25) is 0 Å². The number of likely N-dealkylation sites (tertiary alicyclic amines) is 1. The van der Waals surface area contributed by atoms with Gasteiger partial charge >= 0.3 is 5.97 Å². The second kappa shape index (κ2) is 6.02. The molecule has 0 aliphatic carbocycles. The summed E-state index contributed by atoms with van der Waals surface area (Å²) >= 11 is 0. The second-order valence-electron chi connectivity index (χ2n) is 4.14. The van der Waals surface area contributed by atoms with Crippen LogP contribution in [0.1, 0.15) is 45.4 Å². The summed E-state index contributed by atoms with van der Waals surface area (Å²) < 4.78 is 0. The van der Waals surface area contributed by atoms with Gasteiger partial charge in [0.05, 0.1) is 6.42 Å². The van der Waals surface area contributed by atoms with Gasteiger partial charge in [-0.1, -0.05) is 19.8 Å². The van der Waals surface area contributed by atoms with Gasteiger partial charge in [0.1, 0.15) is 0 Å². The second-order valence-corrected chi connectivity index (χ2v) is 4.14. The first-order valence-electron chi connectivity index (χ1n) is 5.70. The molecule has 1 unspecified atom stereocenters. The molecule has 0 amide bonds. The van der Waals surface area contributed by atoms with E-state index in [9.17, 15) is 4.79 Å². The maximum absolute atomic E-state index is 10.7. The van der Waals surface area contributed by atoms with Crippen LogP contribution in [-0.4, -0.2) is 35.1 Å². The molecule has 3 heteroatoms. The minimum absolute atomic E-state index is 0.276. The number of piperidine rings is 1. The molecule has 0 radical (unpaired) electrons. The monoisotopic (exact) mass is 199 g/mol. The zero-order valence-corrected chi connectivity index (χ0v) is 9.04. The zero-order chi connectivity index (χ0) is 10.4. The van der Waals surface area contributed by atoms with Gasteiger partial charge < -0.3 is 5.11 Å². The minimum atomic E-state index is -0.658. The lowest BCUT2D eigenvalue weighted by molar-refractivity contribution is -0.138. The summed E-state index contributed by atoms with van der Waals surface area (Å²) in [5, 5.41) is 8.81. The van der Waals surface area contributed by atoms with Crippen LogP contribution in [0.3, 0.4) is 0 Å². The normalized spacial score (nSPS) is 20.6. The van der Waals surface area contributed by atoms with Crippen LogP contribution in [-0.2, 0) is 4.79 Å². The summed E-state index contributed by atoms with van der Waals surface area (Å²) in [6.45, 7) is 4.31. The molecule has 1 N–H and O–H groups in total. The highest BCUT2D eigenvalue weighted by molar-refractivity contribution is 5.67. The van der Waals surface area contributed by atoms with E-state index >= 15 is 0 Å². The molecule has 14 heavy (non-hydrogen) atoms. The molecule has 0 aromatic carbocycles. The van der Waals surface area contributed by atoms with Gasteiger partial charge in [0, 0.05) is 6.04 Å². The Morgan fingerprint density at radius 1 is 1.36 bits per heavy atom. The fourth-order valence-electron chi connectivity index (χ4n) is 2.23. The van der Waals surface area contributed by atoms with E-state index in [1.165, 1.54) is 19.3 Å². The van der Waals surface area contributed by atoms with Crippen LogP contribution in [0.15, 0.2) is 0 Å². The number of carbonyl (C=O) groups is 1. The third-order valence-electron chi connectivity index (χ3n) is 2.94. The number of aliphatic carboxylic acids is 1. The molecule has 1 rings (SSSR count). The summed E-state index contributed by atoms with van der Waals surface area (Å²) in [5.74, 6) is -0.658. The van der Waals surface area contributed by atoms with E-state index in [4.69, 9.17) is 5.11 Å². The first kappa shape index (κ1) is 11.5. The van der Waals surface area contributed by atoms with Crippen molar-refractivity contribution in [3.05, 3.63) is 0 Å². The van der Waals surface area contributed by atoms with E-state index in [0.717, 1.165) is 25.9 Å². The van der Waals surface area contributed by atoms with Crippen molar-refractivity contribution in [3.8, 4) is 0 Å². The summed E-state index contributed by atoms with van der Waals surface area (Å²) in [7, 11) is 0. The molecule has 1 fully saturated rings. The third-order valence-corrected chi connectivity index (χ3v) is 2.94. The summed E-state index contributed by atoms with van der Waals surface area (Å²) in [5.41, 5.74) is 0. The van der Waals surface area contributed by atoms with Gasteiger partial charge in [-0.2, -0.15) is 0 Å². The molecule has 0 bridgehead atoms. The Morgan fingerprint density at radius 2 is 2.00 bits per heavy atom. The number of carboxylic acid groups (broad SMARTS) is 1. The van der Waals surface area contributed by atoms with E-state index < -0.39 is 5.97 Å². The number of hydrogen-bond acceptors (Lipinski definition) is 2. The zero-order valence-electron chi connectivity index (χ0n) is 9.04. The molecule has 1 atom stereocenters. The maximum Gasteiger partial charge on any atom is 0.304 e. The number of rotatable bonds is 5. The third kappa shape index (κ3) is 3.66. The van der Waals surface area contributed by atoms with Crippen LogP contribution in [0.5, 0.6) is 0 Å². The van der Waals surface area contributed by atoms with Crippen LogP contribution in [0.2, 0.25) is 0 Å². The molecule has 0 spiro atoms. The molecule has 0 aromatic heterocycles. The standard InChI is InChI=1S/C11H21NO2/c1-2-6-10(9-11(13)14)12-7-4-3-5-8-12/h10H,2-9H2,1H3,(H,13,14). The van der Waals surface area contributed by atoms with Crippen molar-refractivity contribution < 1.29 is 9.90 Å². The summed E-state index contributed by atoms with van der Waals surface area (Å²) in [4.78, 5) is 13.1. The van der Waals surface area contributed by atoms with Crippen molar-refractivity contribution in [3.63, 3.8) is 0 Å². The lowest BCUT2D eigenvalue weighted by Crippen LogP contribution is -2.40. The molecule has 3 nitrogen and oxygen atoms in total. The number of nitrogens with zero attached hydrogens (tertiary/aromatic N) is 1. The highest BCUT2D eigenvalue weighted by atomic mass is 16.4. The maximum atomic E-state index is 10.7. The molecular formula is C11H21NO2. The van der Waals surface area contributed by atoms with Gasteiger partial charge in [0.25, 0.3) is 0 Å². The van der Waals surface area contributed by atoms with Crippen molar-refractivity contribution >= 4 is 5.97 Å². The van der Waals surface area contributed by atoms with E-state index in [-0.39, 0.29) is 6.04 Å². The lowest BCUT2D eigenvalue weighted by Gasteiger charge is -2.33. The first-order valence-corrected chi connectivity index (χ1v) is 5.70. The molecule has 1 heterocycles. The number of hydrogen-bond donors (Lipinski definition) is 1. The summed E-state index contributed by atoms with van der Waals surface area (Å²) in [6.07, 6.45) is 6.19. The highest BCUT2D eigenvalue weighted by Gasteiger charge is 2.21. The van der Waals surface area contributed by atoms with Crippen molar-refractivity contribution in [1.29, 1.82) is 0 Å². The fraction of sp³-hybridized carbons (Fsp3) is 0.909. The van der Waals surface area contributed by atoms with Gasteiger partial charge in [0.15, 0.2) is 0 Å².